The first-order valence-electron chi connectivity index (χ1n) is 6.12. The van der Waals surface area contributed by atoms with Crippen LogP contribution in [0, 0.1) is 5.82 Å². The van der Waals surface area contributed by atoms with Crippen LogP contribution in [0.5, 0.6) is 11.5 Å². The summed E-state index contributed by atoms with van der Waals surface area (Å²) in [4.78, 5) is 0. The third kappa shape index (κ3) is 4.77. The van der Waals surface area contributed by atoms with Gasteiger partial charge in [-0.05, 0) is 24.3 Å². The van der Waals surface area contributed by atoms with E-state index >= 15 is 0 Å². The van der Waals surface area contributed by atoms with Gasteiger partial charge in [-0.3, -0.25) is 0 Å². The summed E-state index contributed by atoms with van der Waals surface area (Å²) in [5.74, 6) is -1.56. The highest BCUT2D eigenvalue weighted by Gasteiger charge is 2.44. The predicted molar refractivity (Wildman–Crippen MR) is 72.6 cm³/mol. The van der Waals surface area contributed by atoms with Crippen molar-refractivity contribution < 1.29 is 31.2 Å². The maximum Gasteiger partial charge on any atom is 0.439 e. The van der Waals surface area contributed by atoms with E-state index in [4.69, 9.17) is 9.05 Å². The fraction of sp³-hybridized carbons (Fsp3) is 0.143. The van der Waals surface area contributed by atoms with Gasteiger partial charge in [-0.2, -0.15) is 13.2 Å². The van der Waals surface area contributed by atoms with Crippen LogP contribution in [0.1, 0.15) is 0 Å². The van der Waals surface area contributed by atoms with E-state index < -0.39 is 31.5 Å². The molecule has 0 saturated carbocycles. The first-order chi connectivity index (χ1) is 10.3. The van der Waals surface area contributed by atoms with Crippen LogP contribution in [0.4, 0.5) is 17.6 Å². The van der Waals surface area contributed by atoms with E-state index in [1.165, 1.54) is 36.4 Å². The minimum atomic E-state index is -4.80. The number of hydrogen-bond donors (Lipinski definition) is 0. The number of hydrogen-bond acceptors (Lipinski definition) is 3. The molecule has 0 fully saturated rings. The van der Waals surface area contributed by atoms with E-state index in [1.54, 1.807) is 6.07 Å². The average Bonchev–Trinajstić information content (AvgIpc) is 2.40. The van der Waals surface area contributed by atoms with Crippen molar-refractivity contribution in [1.82, 2.24) is 0 Å². The molecule has 0 heterocycles. The van der Waals surface area contributed by atoms with Gasteiger partial charge in [0.1, 0.15) is 5.75 Å². The Bertz CT molecular complexity index is 673. The van der Waals surface area contributed by atoms with Gasteiger partial charge in [-0.1, -0.05) is 30.3 Å². The van der Waals surface area contributed by atoms with Crippen molar-refractivity contribution in [3.05, 3.63) is 60.4 Å². The third-order valence-corrected chi connectivity index (χ3v) is 4.14. The number of halogens is 4. The summed E-state index contributed by atoms with van der Waals surface area (Å²) in [5.41, 5.74) is 0. The Balaban J connectivity index is 2.29. The van der Waals surface area contributed by atoms with Crippen molar-refractivity contribution in [1.29, 1.82) is 0 Å². The van der Waals surface area contributed by atoms with Crippen molar-refractivity contribution in [3.8, 4) is 11.5 Å². The molecule has 0 spiro atoms. The van der Waals surface area contributed by atoms with Crippen LogP contribution in [0.15, 0.2) is 54.6 Å². The summed E-state index contributed by atoms with van der Waals surface area (Å²) in [6.07, 6.45) is -6.63. The molecule has 1 unspecified atom stereocenters. The smallest absolute Gasteiger partial charge is 0.416 e. The largest absolute Gasteiger partial charge is 0.439 e. The Morgan fingerprint density at radius 3 is 2.09 bits per heavy atom. The third-order valence-electron chi connectivity index (χ3n) is 2.43. The first-order valence-corrected chi connectivity index (χ1v) is 7.85. The van der Waals surface area contributed by atoms with Crippen LogP contribution >= 0.6 is 7.60 Å². The monoisotopic (exact) mass is 334 g/mol. The number of benzene rings is 2. The molecule has 8 heteroatoms. The van der Waals surface area contributed by atoms with Crippen molar-refractivity contribution in [2.24, 2.45) is 0 Å². The molecule has 0 aromatic heterocycles. The minimum absolute atomic E-state index is 0.0635. The number of alkyl halides is 3. The Hall–Kier alpha value is -2.01. The topological polar surface area (TPSA) is 35.5 Å². The van der Waals surface area contributed by atoms with Crippen LogP contribution < -0.4 is 9.05 Å². The van der Waals surface area contributed by atoms with Crippen molar-refractivity contribution in [2.75, 3.05) is 6.16 Å². The summed E-state index contributed by atoms with van der Waals surface area (Å²) in [7, 11) is -4.68. The maximum atomic E-state index is 13.5. The lowest BCUT2D eigenvalue weighted by Gasteiger charge is -2.21. The van der Waals surface area contributed by atoms with Crippen LogP contribution in [0.3, 0.4) is 0 Å². The second kappa shape index (κ2) is 6.40. The van der Waals surface area contributed by atoms with Crippen LogP contribution in [0.25, 0.3) is 0 Å². The molecule has 0 N–H and O–H groups in total. The molecule has 2 aromatic carbocycles. The lowest BCUT2D eigenvalue weighted by Crippen LogP contribution is -2.19. The van der Waals surface area contributed by atoms with Gasteiger partial charge in [0.2, 0.25) is 0 Å². The molecule has 0 aliphatic heterocycles. The molecule has 0 aliphatic carbocycles. The molecular formula is C14H11F4O3P. The van der Waals surface area contributed by atoms with Gasteiger partial charge in [-0.25, -0.2) is 8.96 Å². The molecule has 118 valence electrons. The molecule has 2 aromatic rings. The minimum Gasteiger partial charge on any atom is -0.416 e. The molecule has 3 nitrogen and oxygen atoms in total. The van der Waals surface area contributed by atoms with Gasteiger partial charge in [0.05, 0.1) is 0 Å². The molecule has 0 bridgehead atoms. The zero-order chi connectivity index (χ0) is 16.2. The molecule has 0 radical (unpaired) electrons. The lowest BCUT2D eigenvalue weighted by atomic mass is 10.3. The lowest BCUT2D eigenvalue weighted by molar-refractivity contribution is -0.108. The highest BCUT2D eigenvalue weighted by Crippen LogP contribution is 2.52. The molecule has 2 rings (SSSR count). The van der Waals surface area contributed by atoms with Crippen molar-refractivity contribution in [3.63, 3.8) is 0 Å². The van der Waals surface area contributed by atoms with E-state index in [9.17, 15) is 22.1 Å². The highest BCUT2D eigenvalue weighted by atomic mass is 31.2. The summed E-state index contributed by atoms with van der Waals surface area (Å²) < 4.78 is 73.4. The molecule has 0 amide bonds. The molecule has 22 heavy (non-hydrogen) atoms. The van der Waals surface area contributed by atoms with Gasteiger partial charge in [0.15, 0.2) is 17.7 Å². The summed E-state index contributed by atoms with van der Waals surface area (Å²) >= 11 is 0. The van der Waals surface area contributed by atoms with E-state index in [1.807, 2.05) is 0 Å². The standard InChI is InChI=1S/C14H11F4O3P/c15-12-8-4-5-9-13(12)21-22(19,10-14(16,17)18)20-11-6-2-1-3-7-11/h1-9H,10H2. The zero-order valence-electron chi connectivity index (χ0n) is 11.1. The summed E-state index contributed by atoms with van der Waals surface area (Å²) in [6.45, 7) is 0. The van der Waals surface area contributed by atoms with Crippen LogP contribution in [0.2, 0.25) is 0 Å². The SMILES string of the molecule is O=P(CC(F)(F)F)(Oc1ccccc1)Oc1ccccc1F. The Morgan fingerprint density at radius 2 is 1.50 bits per heavy atom. The average molecular weight is 334 g/mol. The predicted octanol–water partition coefficient (Wildman–Crippen LogP) is 5.04. The first kappa shape index (κ1) is 16.4. The van der Waals surface area contributed by atoms with E-state index in [-0.39, 0.29) is 5.75 Å². The fourth-order valence-electron chi connectivity index (χ4n) is 1.61. The van der Waals surface area contributed by atoms with Gasteiger partial charge in [0.25, 0.3) is 0 Å². The number of rotatable bonds is 5. The van der Waals surface area contributed by atoms with Gasteiger partial charge >= 0.3 is 13.8 Å². The van der Waals surface area contributed by atoms with E-state index in [0.29, 0.717) is 0 Å². The van der Waals surface area contributed by atoms with E-state index in [0.717, 1.165) is 12.1 Å². The van der Waals surface area contributed by atoms with Crippen molar-refractivity contribution in [2.45, 2.75) is 6.18 Å². The molecular weight excluding hydrogens is 323 g/mol. The normalized spacial score (nSPS) is 14.2. The molecule has 1 atom stereocenters. The summed E-state index contributed by atoms with van der Waals surface area (Å²) in [6, 6.07) is 12.0. The quantitative estimate of drug-likeness (QED) is 0.568. The molecule has 0 aliphatic rings. The Morgan fingerprint density at radius 1 is 0.909 bits per heavy atom. The van der Waals surface area contributed by atoms with Crippen LogP contribution in [-0.2, 0) is 4.57 Å². The second-order valence-electron chi connectivity index (χ2n) is 4.31. The Labute approximate surface area is 124 Å². The van der Waals surface area contributed by atoms with Gasteiger partial charge in [-0.15, -0.1) is 0 Å². The second-order valence-corrected chi connectivity index (χ2v) is 6.21. The van der Waals surface area contributed by atoms with E-state index in [2.05, 4.69) is 0 Å². The van der Waals surface area contributed by atoms with Gasteiger partial charge < -0.3 is 9.05 Å². The van der Waals surface area contributed by atoms with Crippen molar-refractivity contribution >= 4 is 7.60 Å². The molecule has 0 saturated heterocycles. The highest BCUT2D eigenvalue weighted by molar-refractivity contribution is 7.54. The summed E-state index contributed by atoms with van der Waals surface area (Å²) in [5, 5.41) is 0. The van der Waals surface area contributed by atoms with Crippen LogP contribution in [-0.4, -0.2) is 12.3 Å². The zero-order valence-corrected chi connectivity index (χ0v) is 12.0. The number of para-hydroxylation sites is 2. The fourth-order valence-corrected chi connectivity index (χ4v) is 3.11. The Kier molecular flexibility index (Phi) is 4.76. The maximum absolute atomic E-state index is 13.5. The van der Waals surface area contributed by atoms with Gasteiger partial charge in [0, 0.05) is 0 Å².